The SMILES string of the molecule is O=S(=O)(CCOc1ccccc1)NCc1nccc(N2CCCCC2)n1. The quantitative estimate of drug-likeness (QED) is 0.758. The summed E-state index contributed by atoms with van der Waals surface area (Å²) < 4.78 is 32.2. The molecule has 0 saturated carbocycles. The standard InChI is InChI=1S/C18H24N4O3S/c23-26(24,14-13-25-16-7-3-1-4-8-16)20-15-17-19-10-9-18(21-17)22-11-5-2-6-12-22/h1,3-4,7-10,20H,2,5-6,11-15H2. The zero-order chi connectivity index (χ0) is 18.2. The number of hydrogen-bond donors (Lipinski definition) is 1. The lowest BCUT2D eigenvalue weighted by atomic mass is 10.1. The predicted octanol–water partition coefficient (Wildman–Crippen LogP) is 1.97. The molecule has 2 heterocycles. The van der Waals surface area contributed by atoms with Crippen LogP contribution in [0.4, 0.5) is 5.82 Å². The van der Waals surface area contributed by atoms with Crippen LogP contribution in [0.3, 0.4) is 0 Å². The van der Waals surface area contributed by atoms with Crippen molar-refractivity contribution in [2.24, 2.45) is 0 Å². The normalized spacial score (nSPS) is 15.0. The zero-order valence-corrected chi connectivity index (χ0v) is 15.5. The fourth-order valence-corrected chi connectivity index (χ4v) is 3.60. The molecule has 1 aliphatic heterocycles. The molecule has 1 fully saturated rings. The number of hydrogen-bond acceptors (Lipinski definition) is 6. The highest BCUT2D eigenvalue weighted by Crippen LogP contribution is 2.16. The topological polar surface area (TPSA) is 84.4 Å². The molecule has 0 aliphatic carbocycles. The molecule has 26 heavy (non-hydrogen) atoms. The van der Waals surface area contributed by atoms with E-state index in [1.165, 1.54) is 6.42 Å². The second kappa shape index (κ2) is 8.95. The third-order valence-electron chi connectivity index (χ3n) is 4.19. The van der Waals surface area contributed by atoms with Gasteiger partial charge in [0.1, 0.15) is 24.0 Å². The summed E-state index contributed by atoms with van der Waals surface area (Å²) in [6.45, 7) is 2.14. The van der Waals surface area contributed by atoms with Crippen molar-refractivity contribution in [3.05, 3.63) is 48.4 Å². The fraction of sp³-hybridized carbons (Fsp3) is 0.444. The van der Waals surface area contributed by atoms with Gasteiger partial charge in [0.2, 0.25) is 10.0 Å². The number of nitrogens with zero attached hydrogens (tertiary/aromatic N) is 3. The van der Waals surface area contributed by atoms with Crippen LogP contribution >= 0.6 is 0 Å². The first-order valence-electron chi connectivity index (χ1n) is 8.84. The van der Waals surface area contributed by atoms with Gasteiger partial charge in [-0.2, -0.15) is 0 Å². The van der Waals surface area contributed by atoms with Gasteiger partial charge in [0.25, 0.3) is 0 Å². The number of benzene rings is 1. The van der Waals surface area contributed by atoms with Crippen LogP contribution in [0.2, 0.25) is 0 Å². The van der Waals surface area contributed by atoms with Gasteiger partial charge in [-0.3, -0.25) is 0 Å². The van der Waals surface area contributed by atoms with Crippen LogP contribution in [0, 0.1) is 0 Å². The number of anilines is 1. The van der Waals surface area contributed by atoms with Crippen LogP contribution in [0.25, 0.3) is 0 Å². The Morgan fingerprint density at radius 3 is 2.62 bits per heavy atom. The Morgan fingerprint density at radius 2 is 1.85 bits per heavy atom. The maximum Gasteiger partial charge on any atom is 0.215 e. The van der Waals surface area contributed by atoms with Crippen molar-refractivity contribution in [1.82, 2.24) is 14.7 Å². The van der Waals surface area contributed by atoms with Gasteiger partial charge in [-0.05, 0) is 37.5 Å². The number of para-hydroxylation sites is 1. The Morgan fingerprint density at radius 1 is 1.08 bits per heavy atom. The maximum absolute atomic E-state index is 12.1. The van der Waals surface area contributed by atoms with Gasteiger partial charge in [-0.25, -0.2) is 23.1 Å². The highest BCUT2D eigenvalue weighted by atomic mass is 32.2. The minimum Gasteiger partial charge on any atom is -0.492 e. The largest absolute Gasteiger partial charge is 0.492 e. The Kier molecular flexibility index (Phi) is 6.40. The van der Waals surface area contributed by atoms with Crippen LogP contribution in [-0.4, -0.2) is 43.8 Å². The molecule has 3 rings (SSSR count). The van der Waals surface area contributed by atoms with Crippen LogP contribution in [0.15, 0.2) is 42.6 Å². The van der Waals surface area contributed by atoms with Gasteiger partial charge < -0.3 is 9.64 Å². The third kappa shape index (κ3) is 5.67. The minimum absolute atomic E-state index is 0.0787. The molecule has 0 amide bonds. The molecular weight excluding hydrogens is 352 g/mol. The second-order valence-electron chi connectivity index (χ2n) is 6.18. The number of aromatic nitrogens is 2. The summed E-state index contributed by atoms with van der Waals surface area (Å²) in [5.41, 5.74) is 0. The molecule has 1 aliphatic rings. The third-order valence-corrected chi connectivity index (χ3v) is 5.47. The summed E-state index contributed by atoms with van der Waals surface area (Å²) >= 11 is 0. The summed E-state index contributed by atoms with van der Waals surface area (Å²) in [5, 5.41) is 0. The molecule has 140 valence electrons. The van der Waals surface area contributed by atoms with E-state index in [1.807, 2.05) is 24.3 Å². The first-order valence-corrected chi connectivity index (χ1v) is 10.5. The van der Waals surface area contributed by atoms with E-state index < -0.39 is 10.0 Å². The first-order chi connectivity index (χ1) is 12.6. The smallest absolute Gasteiger partial charge is 0.215 e. The average Bonchev–Trinajstić information content (AvgIpc) is 2.68. The molecule has 0 radical (unpaired) electrons. The van der Waals surface area contributed by atoms with Crippen molar-refractivity contribution < 1.29 is 13.2 Å². The maximum atomic E-state index is 12.1. The summed E-state index contributed by atoms with van der Waals surface area (Å²) in [7, 11) is -3.46. The molecule has 0 spiro atoms. The van der Waals surface area contributed by atoms with Crippen molar-refractivity contribution in [2.75, 3.05) is 30.3 Å². The number of piperidine rings is 1. The number of rotatable bonds is 8. The van der Waals surface area contributed by atoms with Crippen LogP contribution < -0.4 is 14.4 Å². The lowest BCUT2D eigenvalue weighted by molar-refractivity contribution is 0.340. The first kappa shape index (κ1) is 18.6. The van der Waals surface area contributed by atoms with Crippen molar-refractivity contribution in [3.8, 4) is 5.75 Å². The van der Waals surface area contributed by atoms with Crippen LogP contribution in [-0.2, 0) is 16.6 Å². The van der Waals surface area contributed by atoms with E-state index in [9.17, 15) is 8.42 Å². The highest BCUT2D eigenvalue weighted by molar-refractivity contribution is 7.89. The van der Waals surface area contributed by atoms with E-state index in [2.05, 4.69) is 19.6 Å². The van der Waals surface area contributed by atoms with Crippen LogP contribution in [0.5, 0.6) is 5.75 Å². The molecule has 0 atom stereocenters. The van der Waals surface area contributed by atoms with Crippen molar-refractivity contribution >= 4 is 15.8 Å². The monoisotopic (exact) mass is 376 g/mol. The predicted molar refractivity (Wildman–Crippen MR) is 101 cm³/mol. The fourth-order valence-electron chi connectivity index (χ4n) is 2.81. The van der Waals surface area contributed by atoms with Gasteiger partial charge in [-0.15, -0.1) is 0 Å². The summed E-state index contributed by atoms with van der Waals surface area (Å²) in [6.07, 6.45) is 5.25. The Hall–Kier alpha value is -2.19. The number of ether oxygens (including phenoxy) is 1. The summed E-state index contributed by atoms with van der Waals surface area (Å²) in [5.74, 6) is 1.87. The zero-order valence-electron chi connectivity index (χ0n) is 14.7. The Labute approximate surface area is 154 Å². The highest BCUT2D eigenvalue weighted by Gasteiger charge is 2.14. The molecule has 1 aromatic carbocycles. The van der Waals surface area contributed by atoms with E-state index in [1.54, 1.807) is 18.3 Å². The molecule has 0 bridgehead atoms. The van der Waals surface area contributed by atoms with Gasteiger partial charge in [0, 0.05) is 19.3 Å². The molecule has 0 unspecified atom stereocenters. The minimum atomic E-state index is -3.46. The van der Waals surface area contributed by atoms with E-state index in [-0.39, 0.29) is 18.9 Å². The second-order valence-corrected chi connectivity index (χ2v) is 8.11. The molecular formula is C18H24N4O3S. The van der Waals surface area contributed by atoms with Crippen molar-refractivity contribution in [2.45, 2.75) is 25.8 Å². The molecule has 1 aromatic heterocycles. The molecule has 2 aromatic rings. The van der Waals surface area contributed by atoms with Crippen molar-refractivity contribution in [3.63, 3.8) is 0 Å². The van der Waals surface area contributed by atoms with Gasteiger partial charge in [-0.1, -0.05) is 18.2 Å². The van der Waals surface area contributed by atoms with E-state index in [4.69, 9.17) is 4.74 Å². The van der Waals surface area contributed by atoms with Gasteiger partial charge in [0.05, 0.1) is 12.3 Å². The summed E-state index contributed by atoms with van der Waals surface area (Å²) in [6, 6.07) is 11.0. The van der Waals surface area contributed by atoms with Gasteiger partial charge >= 0.3 is 0 Å². The molecule has 8 heteroatoms. The number of sulfonamides is 1. The lowest BCUT2D eigenvalue weighted by Gasteiger charge is -2.27. The van der Waals surface area contributed by atoms with E-state index >= 15 is 0 Å². The molecule has 7 nitrogen and oxygen atoms in total. The summed E-state index contributed by atoms with van der Waals surface area (Å²) in [4.78, 5) is 10.9. The number of nitrogens with one attached hydrogen (secondary N) is 1. The van der Waals surface area contributed by atoms with Crippen molar-refractivity contribution in [1.29, 1.82) is 0 Å². The Balaban J connectivity index is 1.49. The molecule has 1 saturated heterocycles. The average molecular weight is 376 g/mol. The Bertz CT molecular complexity index is 793. The molecule has 1 N–H and O–H groups in total. The lowest BCUT2D eigenvalue weighted by Crippen LogP contribution is -2.31. The van der Waals surface area contributed by atoms with Crippen LogP contribution in [0.1, 0.15) is 25.1 Å². The van der Waals surface area contributed by atoms with E-state index in [0.717, 1.165) is 31.7 Å². The van der Waals surface area contributed by atoms with E-state index in [0.29, 0.717) is 11.6 Å². The van der Waals surface area contributed by atoms with Gasteiger partial charge in [0.15, 0.2) is 0 Å².